The molecule has 0 bridgehead atoms. The lowest BCUT2D eigenvalue weighted by atomic mass is 10.2. The van der Waals surface area contributed by atoms with Gasteiger partial charge in [0.25, 0.3) is 5.91 Å². The number of amides is 1. The number of nitrogens with zero attached hydrogens (tertiary/aromatic N) is 2. The van der Waals surface area contributed by atoms with Crippen LogP contribution in [0.3, 0.4) is 0 Å². The molecular formula is C18H23ClN4O2. The van der Waals surface area contributed by atoms with Gasteiger partial charge < -0.3 is 20.3 Å². The Kier molecular flexibility index (Phi) is 6.61. The van der Waals surface area contributed by atoms with Gasteiger partial charge in [0.05, 0.1) is 24.7 Å². The third-order valence-electron chi connectivity index (χ3n) is 3.61. The summed E-state index contributed by atoms with van der Waals surface area (Å²) in [5.41, 5.74) is 2.61. The van der Waals surface area contributed by atoms with Gasteiger partial charge in [-0.2, -0.15) is 0 Å². The summed E-state index contributed by atoms with van der Waals surface area (Å²) in [6.07, 6.45) is 1.65. The molecule has 134 valence electrons. The maximum atomic E-state index is 12.4. The number of likely N-dealkylation sites (N-methyl/N-ethyl adjacent to an activating group) is 1. The molecule has 0 aliphatic heterocycles. The van der Waals surface area contributed by atoms with Crippen LogP contribution in [-0.4, -0.2) is 50.1 Å². The van der Waals surface area contributed by atoms with Crippen LogP contribution in [0.1, 0.15) is 16.1 Å². The molecule has 6 nitrogen and oxygen atoms in total. The first-order chi connectivity index (χ1) is 11.9. The molecule has 1 aromatic heterocycles. The standard InChI is InChI=1S/C18H23ClN4O2/c1-12-9-16(17(25-4)10-14(12)19)22-18(24)15-6-5-13(11-21-15)20-7-8-23(2)3/h5-6,9-11,20H,7-8H2,1-4H3,(H,22,24). The van der Waals surface area contributed by atoms with Gasteiger partial charge in [0, 0.05) is 24.2 Å². The van der Waals surface area contributed by atoms with E-state index in [1.54, 1.807) is 24.4 Å². The number of methoxy groups -OCH3 is 1. The summed E-state index contributed by atoms with van der Waals surface area (Å²) in [5, 5.41) is 6.65. The largest absolute Gasteiger partial charge is 0.495 e. The van der Waals surface area contributed by atoms with Crippen molar-refractivity contribution in [1.29, 1.82) is 0 Å². The van der Waals surface area contributed by atoms with Crippen LogP contribution in [0.25, 0.3) is 0 Å². The summed E-state index contributed by atoms with van der Waals surface area (Å²) in [7, 11) is 5.56. The normalized spacial score (nSPS) is 10.6. The van der Waals surface area contributed by atoms with E-state index in [0.717, 1.165) is 24.3 Å². The highest BCUT2D eigenvalue weighted by atomic mass is 35.5. The van der Waals surface area contributed by atoms with Gasteiger partial charge in [-0.25, -0.2) is 4.98 Å². The van der Waals surface area contributed by atoms with Crippen molar-refractivity contribution in [1.82, 2.24) is 9.88 Å². The minimum absolute atomic E-state index is 0.306. The fourth-order valence-corrected chi connectivity index (χ4v) is 2.33. The van der Waals surface area contributed by atoms with Crippen molar-refractivity contribution in [2.24, 2.45) is 0 Å². The number of hydrogen-bond donors (Lipinski definition) is 2. The Labute approximate surface area is 153 Å². The number of benzene rings is 1. The molecule has 2 N–H and O–H groups in total. The zero-order valence-corrected chi connectivity index (χ0v) is 15.6. The summed E-state index contributed by atoms with van der Waals surface area (Å²) in [6.45, 7) is 3.59. The number of halogens is 1. The topological polar surface area (TPSA) is 66.5 Å². The second kappa shape index (κ2) is 8.69. The van der Waals surface area contributed by atoms with Crippen LogP contribution >= 0.6 is 11.6 Å². The monoisotopic (exact) mass is 362 g/mol. The van der Waals surface area contributed by atoms with Gasteiger partial charge in [0.15, 0.2) is 0 Å². The third-order valence-corrected chi connectivity index (χ3v) is 4.02. The van der Waals surface area contributed by atoms with E-state index in [9.17, 15) is 4.79 Å². The Hall–Kier alpha value is -2.31. The first-order valence-electron chi connectivity index (χ1n) is 7.91. The molecule has 0 saturated carbocycles. The van der Waals surface area contributed by atoms with Crippen molar-refractivity contribution in [3.63, 3.8) is 0 Å². The number of ether oxygens (including phenoxy) is 1. The fourth-order valence-electron chi connectivity index (χ4n) is 2.17. The van der Waals surface area contributed by atoms with Gasteiger partial charge in [-0.15, -0.1) is 0 Å². The van der Waals surface area contributed by atoms with Crippen molar-refractivity contribution in [2.75, 3.05) is 44.9 Å². The summed E-state index contributed by atoms with van der Waals surface area (Å²) in [4.78, 5) is 18.7. The fraction of sp³-hybridized carbons (Fsp3) is 0.333. The number of rotatable bonds is 7. The minimum Gasteiger partial charge on any atom is -0.495 e. The Morgan fingerprint density at radius 2 is 2.08 bits per heavy atom. The van der Waals surface area contributed by atoms with Crippen molar-refractivity contribution in [3.05, 3.63) is 46.7 Å². The molecule has 0 aliphatic rings. The van der Waals surface area contributed by atoms with Crippen LogP contribution in [-0.2, 0) is 0 Å². The molecule has 1 heterocycles. The highest BCUT2D eigenvalue weighted by Crippen LogP contribution is 2.31. The molecule has 2 rings (SSSR count). The smallest absolute Gasteiger partial charge is 0.274 e. The second-order valence-corrected chi connectivity index (χ2v) is 6.33. The van der Waals surface area contributed by atoms with E-state index in [1.165, 1.54) is 7.11 Å². The number of nitrogens with one attached hydrogen (secondary N) is 2. The Balaban J connectivity index is 2.05. The van der Waals surface area contributed by atoms with Crippen LogP contribution in [0.15, 0.2) is 30.5 Å². The number of hydrogen-bond acceptors (Lipinski definition) is 5. The van der Waals surface area contributed by atoms with Crippen LogP contribution < -0.4 is 15.4 Å². The number of aromatic nitrogens is 1. The van der Waals surface area contributed by atoms with E-state index >= 15 is 0 Å². The molecule has 0 saturated heterocycles. The Bertz CT molecular complexity index is 733. The highest BCUT2D eigenvalue weighted by Gasteiger charge is 2.13. The zero-order valence-electron chi connectivity index (χ0n) is 14.9. The molecule has 1 aromatic carbocycles. The van der Waals surface area contributed by atoms with Gasteiger partial charge in [-0.1, -0.05) is 11.6 Å². The molecule has 2 aromatic rings. The summed E-state index contributed by atoms with van der Waals surface area (Å²) >= 11 is 6.08. The molecular weight excluding hydrogens is 340 g/mol. The molecule has 0 radical (unpaired) electrons. The molecule has 0 unspecified atom stereocenters. The van der Waals surface area contributed by atoms with Crippen LogP contribution in [0, 0.1) is 6.92 Å². The van der Waals surface area contributed by atoms with E-state index in [-0.39, 0.29) is 5.91 Å². The minimum atomic E-state index is -0.306. The van der Waals surface area contributed by atoms with Gasteiger partial charge in [-0.3, -0.25) is 4.79 Å². The lowest BCUT2D eigenvalue weighted by Crippen LogP contribution is -2.21. The maximum Gasteiger partial charge on any atom is 0.274 e. The second-order valence-electron chi connectivity index (χ2n) is 5.92. The lowest BCUT2D eigenvalue weighted by Gasteiger charge is -2.13. The predicted molar refractivity (Wildman–Crippen MR) is 102 cm³/mol. The van der Waals surface area contributed by atoms with Gasteiger partial charge in [0.1, 0.15) is 11.4 Å². The van der Waals surface area contributed by atoms with Crippen molar-refractivity contribution in [3.8, 4) is 5.75 Å². The molecule has 0 aliphatic carbocycles. The molecule has 7 heteroatoms. The van der Waals surface area contributed by atoms with E-state index in [4.69, 9.17) is 16.3 Å². The van der Waals surface area contributed by atoms with Crippen LogP contribution in [0.5, 0.6) is 5.75 Å². The summed E-state index contributed by atoms with van der Waals surface area (Å²) < 4.78 is 5.27. The van der Waals surface area contributed by atoms with Gasteiger partial charge in [-0.05, 0) is 44.8 Å². The van der Waals surface area contributed by atoms with Gasteiger partial charge >= 0.3 is 0 Å². The molecule has 0 atom stereocenters. The quantitative estimate of drug-likeness (QED) is 0.791. The summed E-state index contributed by atoms with van der Waals surface area (Å²) in [6, 6.07) is 6.97. The van der Waals surface area contributed by atoms with E-state index < -0.39 is 0 Å². The van der Waals surface area contributed by atoms with Gasteiger partial charge in [0.2, 0.25) is 0 Å². The maximum absolute atomic E-state index is 12.4. The zero-order chi connectivity index (χ0) is 18.4. The van der Waals surface area contributed by atoms with E-state index in [2.05, 4.69) is 20.5 Å². The van der Waals surface area contributed by atoms with Crippen molar-refractivity contribution in [2.45, 2.75) is 6.92 Å². The lowest BCUT2D eigenvalue weighted by molar-refractivity contribution is 0.102. The average Bonchev–Trinajstić information content (AvgIpc) is 2.58. The van der Waals surface area contributed by atoms with E-state index in [1.807, 2.05) is 27.1 Å². The van der Waals surface area contributed by atoms with Crippen LogP contribution in [0.2, 0.25) is 5.02 Å². The number of carbonyl (C=O) groups is 1. The SMILES string of the molecule is COc1cc(Cl)c(C)cc1NC(=O)c1ccc(NCCN(C)C)cn1. The predicted octanol–water partition coefficient (Wildman–Crippen LogP) is 3.28. The Morgan fingerprint density at radius 3 is 2.68 bits per heavy atom. The first kappa shape index (κ1) is 19.0. The van der Waals surface area contributed by atoms with Crippen molar-refractivity contribution >= 4 is 28.9 Å². The number of pyridine rings is 1. The summed E-state index contributed by atoms with van der Waals surface area (Å²) in [5.74, 6) is 0.200. The van der Waals surface area contributed by atoms with Crippen LogP contribution in [0.4, 0.5) is 11.4 Å². The van der Waals surface area contributed by atoms with Crippen molar-refractivity contribution < 1.29 is 9.53 Å². The molecule has 1 amide bonds. The number of anilines is 2. The average molecular weight is 363 g/mol. The Morgan fingerprint density at radius 1 is 1.32 bits per heavy atom. The van der Waals surface area contributed by atoms with E-state index in [0.29, 0.717) is 22.2 Å². The highest BCUT2D eigenvalue weighted by molar-refractivity contribution is 6.31. The molecule has 0 fully saturated rings. The number of carbonyl (C=O) groups excluding carboxylic acids is 1. The first-order valence-corrected chi connectivity index (χ1v) is 8.28. The molecule has 25 heavy (non-hydrogen) atoms. The molecule has 0 spiro atoms. The number of aryl methyl sites for hydroxylation is 1. The third kappa shape index (κ3) is 5.34.